The van der Waals surface area contributed by atoms with Crippen LogP contribution in [0.25, 0.3) is 5.69 Å². The van der Waals surface area contributed by atoms with E-state index in [1.807, 2.05) is 0 Å². The predicted molar refractivity (Wildman–Crippen MR) is 124 cm³/mol. The van der Waals surface area contributed by atoms with Gasteiger partial charge in [-0.05, 0) is 67.6 Å². The van der Waals surface area contributed by atoms with Crippen molar-refractivity contribution in [1.82, 2.24) is 20.0 Å². The molecule has 1 atom stereocenters. The fourth-order valence-electron chi connectivity index (χ4n) is 4.88. The first kappa shape index (κ1) is 22.7. The number of rotatable bonds is 6. The van der Waals surface area contributed by atoms with Crippen molar-refractivity contribution < 1.29 is 18.3 Å². The smallest absolute Gasteiger partial charge is 0.272 e. The Labute approximate surface area is 197 Å². The first-order valence-electron chi connectivity index (χ1n) is 11.8. The lowest BCUT2D eigenvalue weighted by Gasteiger charge is -2.34. The molecule has 0 saturated carbocycles. The number of hydrogen-bond acceptors (Lipinski definition) is 4. The molecule has 0 spiro atoms. The van der Waals surface area contributed by atoms with Crippen molar-refractivity contribution in [1.29, 1.82) is 0 Å². The Morgan fingerprint density at radius 2 is 1.62 bits per heavy atom. The van der Waals surface area contributed by atoms with Crippen molar-refractivity contribution in [2.75, 3.05) is 32.8 Å². The van der Waals surface area contributed by atoms with Gasteiger partial charge >= 0.3 is 0 Å². The molecule has 2 aliphatic rings. The van der Waals surface area contributed by atoms with Gasteiger partial charge in [0.2, 0.25) is 0 Å². The van der Waals surface area contributed by atoms with Gasteiger partial charge in [0, 0.05) is 30.9 Å². The lowest BCUT2D eigenvalue weighted by Crippen LogP contribution is -2.44. The summed E-state index contributed by atoms with van der Waals surface area (Å²) in [5, 5.41) is 7.75. The Balaban J connectivity index is 1.39. The van der Waals surface area contributed by atoms with Gasteiger partial charge in [-0.15, -0.1) is 0 Å². The number of ether oxygens (including phenoxy) is 1. The number of carbonyl (C=O) groups is 1. The molecule has 2 heterocycles. The molecule has 5 rings (SSSR count). The highest BCUT2D eigenvalue weighted by molar-refractivity contribution is 5.94. The first-order valence-corrected chi connectivity index (χ1v) is 11.8. The molecular weight excluding hydrogens is 438 g/mol. The van der Waals surface area contributed by atoms with E-state index in [1.165, 1.54) is 24.3 Å². The summed E-state index contributed by atoms with van der Waals surface area (Å²) < 4.78 is 34.2. The predicted octanol–water partition coefficient (Wildman–Crippen LogP) is 3.83. The molecule has 8 heteroatoms. The van der Waals surface area contributed by atoms with Gasteiger partial charge in [0.15, 0.2) is 5.69 Å². The molecule has 3 aromatic rings. The Hall–Kier alpha value is -3.10. The molecule has 34 heavy (non-hydrogen) atoms. The topological polar surface area (TPSA) is 59.4 Å². The summed E-state index contributed by atoms with van der Waals surface area (Å²) in [6, 6.07) is 12.5. The monoisotopic (exact) mass is 466 g/mol. The minimum absolute atomic E-state index is 0.0940. The summed E-state index contributed by atoms with van der Waals surface area (Å²) in [7, 11) is 0. The third kappa shape index (κ3) is 4.74. The quantitative estimate of drug-likeness (QED) is 0.600. The van der Waals surface area contributed by atoms with E-state index in [0.29, 0.717) is 25.5 Å². The molecule has 1 aliphatic carbocycles. The van der Waals surface area contributed by atoms with Crippen molar-refractivity contribution in [3.63, 3.8) is 0 Å². The van der Waals surface area contributed by atoms with E-state index in [-0.39, 0.29) is 23.6 Å². The summed E-state index contributed by atoms with van der Waals surface area (Å²) in [6.45, 7) is 3.12. The minimum Gasteiger partial charge on any atom is -0.379 e. The van der Waals surface area contributed by atoms with Crippen LogP contribution in [-0.2, 0) is 17.6 Å². The number of morpholine rings is 1. The van der Waals surface area contributed by atoms with Crippen molar-refractivity contribution >= 4 is 5.91 Å². The second kappa shape index (κ2) is 10.0. The van der Waals surface area contributed by atoms with Gasteiger partial charge in [-0.1, -0.05) is 12.1 Å². The fourth-order valence-corrected chi connectivity index (χ4v) is 4.88. The first-order chi connectivity index (χ1) is 16.6. The van der Waals surface area contributed by atoms with Gasteiger partial charge in [-0.3, -0.25) is 9.69 Å². The van der Waals surface area contributed by atoms with Crippen molar-refractivity contribution in [2.24, 2.45) is 0 Å². The van der Waals surface area contributed by atoms with Crippen molar-refractivity contribution in [3.05, 3.63) is 82.7 Å². The Bertz CT molecular complexity index is 1140. The van der Waals surface area contributed by atoms with E-state index in [0.717, 1.165) is 61.3 Å². The second-order valence-electron chi connectivity index (χ2n) is 8.79. The molecule has 2 aromatic carbocycles. The number of halogens is 2. The zero-order valence-electron chi connectivity index (χ0n) is 19.0. The molecule has 1 fully saturated rings. The highest BCUT2D eigenvalue weighted by Gasteiger charge is 2.28. The van der Waals surface area contributed by atoms with Crippen LogP contribution >= 0.6 is 0 Å². The fraction of sp³-hybridized carbons (Fsp3) is 0.385. The molecule has 1 aromatic heterocycles. The van der Waals surface area contributed by atoms with Crippen LogP contribution in [0.5, 0.6) is 0 Å². The number of aromatic nitrogens is 2. The third-order valence-corrected chi connectivity index (χ3v) is 6.66. The molecule has 1 unspecified atom stereocenters. The van der Waals surface area contributed by atoms with Crippen LogP contribution in [0, 0.1) is 11.6 Å². The van der Waals surface area contributed by atoms with Crippen LogP contribution in [0.4, 0.5) is 8.78 Å². The molecule has 1 aliphatic heterocycles. The summed E-state index contributed by atoms with van der Waals surface area (Å²) in [6.07, 6.45) is 3.67. The Morgan fingerprint density at radius 1 is 0.971 bits per heavy atom. The number of nitrogens with one attached hydrogen (secondary N) is 1. The van der Waals surface area contributed by atoms with Crippen LogP contribution in [-0.4, -0.2) is 53.4 Å². The van der Waals surface area contributed by atoms with E-state index < -0.39 is 0 Å². The van der Waals surface area contributed by atoms with Crippen LogP contribution in [0.15, 0.2) is 48.5 Å². The van der Waals surface area contributed by atoms with Crippen molar-refractivity contribution in [2.45, 2.75) is 31.7 Å². The summed E-state index contributed by atoms with van der Waals surface area (Å²) in [5.41, 5.74) is 4.11. The normalized spacial score (nSPS) is 17.2. The van der Waals surface area contributed by atoms with Crippen LogP contribution in [0.2, 0.25) is 0 Å². The molecule has 178 valence electrons. The van der Waals surface area contributed by atoms with E-state index in [9.17, 15) is 13.6 Å². The van der Waals surface area contributed by atoms with Gasteiger partial charge in [-0.25, -0.2) is 13.5 Å². The maximum atomic E-state index is 13.5. The van der Waals surface area contributed by atoms with E-state index in [2.05, 4.69) is 15.3 Å². The zero-order chi connectivity index (χ0) is 23.5. The lowest BCUT2D eigenvalue weighted by atomic mass is 9.95. The molecule has 0 bridgehead atoms. The van der Waals surface area contributed by atoms with Crippen LogP contribution < -0.4 is 5.32 Å². The van der Waals surface area contributed by atoms with Crippen LogP contribution in [0.3, 0.4) is 0 Å². The molecule has 1 N–H and O–H groups in total. The van der Waals surface area contributed by atoms with Gasteiger partial charge in [-0.2, -0.15) is 5.10 Å². The summed E-state index contributed by atoms with van der Waals surface area (Å²) >= 11 is 0. The standard InChI is InChI=1S/C26H28F2N4O2/c27-19-7-5-18(6-8-19)24(31-13-15-34-16-14-31)17-29-26(33)25-22-3-1-2-4-23(22)32(30-25)21-11-9-20(28)10-12-21/h5-12,24H,1-4,13-17H2,(H,29,33). The molecule has 1 saturated heterocycles. The Kier molecular flexibility index (Phi) is 6.69. The number of hydrogen-bond donors (Lipinski definition) is 1. The van der Waals surface area contributed by atoms with Gasteiger partial charge < -0.3 is 10.1 Å². The van der Waals surface area contributed by atoms with E-state index in [1.54, 1.807) is 28.9 Å². The minimum atomic E-state index is -0.308. The number of benzene rings is 2. The molecule has 0 radical (unpaired) electrons. The number of carbonyl (C=O) groups excluding carboxylic acids is 1. The average molecular weight is 467 g/mol. The largest absolute Gasteiger partial charge is 0.379 e. The average Bonchev–Trinajstić information content (AvgIpc) is 3.26. The lowest BCUT2D eigenvalue weighted by molar-refractivity contribution is 0.0162. The van der Waals surface area contributed by atoms with Gasteiger partial charge in [0.1, 0.15) is 11.6 Å². The maximum absolute atomic E-state index is 13.5. The number of nitrogens with zero attached hydrogens (tertiary/aromatic N) is 3. The zero-order valence-corrected chi connectivity index (χ0v) is 19.0. The number of amides is 1. The number of fused-ring (bicyclic) bond motifs is 1. The summed E-state index contributed by atoms with van der Waals surface area (Å²) in [5.74, 6) is -0.816. The SMILES string of the molecule is O=C(NCC(c1ccc(F)cc1)N1CCOCC1)c1nn(-c2ccc(F)cc2)c2c1CCCC2. The Morgan fingerprint density at radius 3 is 2.32 bits per heavy atom. The van der Waals surface area contributed by atoms with Crippen LogP contribution in [0.1, 0.15) is 46.2 Å². The van der Waals surface area contributed by atoms with E-state index in [4.69, 9.17) is 4.74 Å². The summed E-state index contributed by atoms with van der Waals surface area (Å²) in [4.78, 5) is 15.6. The highest BCUT2D eigenvalue weighted by Crippen LogP contribution is 2.28. The van der Waals surface area contributed by atoms with Gasteiger partial charge in [0.25, 0.3) is 5.91 Å². The van der Waals surface area contributed by atoms with Crippen molar-refractivity contribution in [3.8, 4) is 5.69 Å². The van der Waals surface area contributed by atoms with Gasteiger partial charge in [0.05, 0.1) is 24.9 Å². The molecule has 6 nitrogen and oxygen atoms in total. The maximum Gasteiger partial charge on any atom is 0.272 e. The van der Waals surface area contributed by atoms with E-state index >= 15 is 0 Å². The third-order valence-electron chi connectivity index (χ3n) is 6.66. The molecule has 1 amide bonds. The highest BCUT2D eigenvalue weighted by atomic mass is 19.1. The molecular formula is C26H28F2N4O2. The second-order valence-corrected chi connectivity index (χ2v) is 8.79.